The molecule has 0 bridgehead atoms. The van der Waals surface area contributed by atoms with Gasteiger partial charge in [-0.1, -0.05) is 0 Å². The molecule has 0 atom stereocenters. The van der Waals surface area contributed by atoms with Gasteiger partial charge in [0.15, 0.2) is 0 Å². The van der Waals surface area contributed by atoms with E-state index in [4.69, 9.17) is 0 Å². The largest absolute Gasteiger partial charge is 0.383 e. The molecule has 0 aliphatic rings. The highest BCUT2D eigenvalue weighted by molar-refractivity contribution is 7.17. The van der Waals surface area contributed by atoms with Gasteiger partial charge >= 0.3 is 0 Å². The number of anilines is 1. The third-order valence-electron chi connectivity index (χ3n) is 3.51. The predicted molar refractivity (Wildman–Crippen MR) is 87.9 cm³/mol. The molecule has 0 saturated heterocycles. The molecule has 4 nitrogen and oxygen atoms in total. The zero-order valence-electron chi connectivity index (χ0n) is 11.6. The van der Waals surface area contributed by atoms with Crippen LogP contribution in [0, 0.1) is 5.82 Å². The van der Waals surface area contributed by atoms with E-state index in [0.29, 0.717) is 0 Å². The first-order chi connectivity index (χ1) is 10.8. The second-order valence-electron chi connectivity index (χ2n) is 5.02. The van der Waals surface area contributed by atoms with Crippen LogP contribution in [-0.4, -0.2) is 21.5 Å². The van der Waals surface area contributed by atoms with Gasteiger partial charge < -0.3 is 10.3 Å². The van der Waals surface area contributed by atoms with Gasteiger partial charge in [0.1, 0.15) is 11.6 Å². The number of hydrogen-bond donors (Lipinski definition) is 2. The van der Waals surface area contributed by atoms with Gasteiger partial charge in [-0.25, -0.2) is 9.37 Å². The van der Waals surface area contributed by atoms with Crippen molar-refractivity contribution in [3.8, 4) is 0 Å². The molecule has 2 N–H and O–H groups in total. The van der Waals surface area contributed by atoms with E-state index in [9.17, 15) is 4.39 Å². The van der Waals surface area contributed by atoms with Crippen molar-refractivity contribution in [1.29, 1.82) is 0 Å². The zero-order valence-corrected chi connectivity index (χ0v) is 12.5. The molecule has 0 aliphatic carbocycles. The molecule has 110 valence electrons. The molecule has 0 saturated carbocycles. The summed E-state index contributed by atoms with van der Waals surface area (Å²) in [4.78, 5) is 11.9. The fourth-order valence-corrected chi connectivity index (χ4v) is 3.32. The standard InChI is InChI=1S/C16H13FN4S/c17-10-1-2-11-14(9-10)21-15(20-11)4-7-19-12-3-6-18-13-5-8-22-16(12)13/h1-3,5-6,8-9H,4,7H2,(H,18,19)(H,20,21). The summed E-state index contributed by atoms with van der Waals surface area (Å²) in [6.07, 6.45) is 2.55. The number of imidazole rings is 1. The van der Waals surface area contributed by atoms with E-state index in [-0.39, 0.29) is 5.82 Å². The highest BCUT2D eigenvalue weighted by Crippen LogP contribution is 2.26. The van der Waals surface area contributed by atoms with Crippen LogP contribution < -0.4 is 5.32 Å². The average molecular weight is 312 g/mol. The van der Waals surface area contributed by atoms with Crippen LogP contribution in [0.25, 0.3) is 21.3 Å². The summed E-state index contributed by atoms with van der Waals surface area (Å²) in [7, 11) is 0. The minimum Gasteiger partial charge on any atom is -0.383 e. The third kappa shape index (κ3) is 2.42. The van der Waals surface area contributed by atoms with Crippen molar-refractivity contribution in [3.63, 3.8) is 0 Å². The lowest BCUT2D eigenvalue weighted by molar-refractivity contribution is 0.629. The maximum Gasteiger partial charge on any atom is 0.125 e. The van der Waals surface area contributed by atoms with Crippen molar-refractivity contribution in [2.45, 2.75) is 6.42 Å². The van der Waals surface area contributed by atoms with E-state index in [1.807, 2.05) is 17.5 Å². The maximum absolute atomic E-state index is 13.2. The summed E-state index contributed by atoms with van der Waals surface area (Å²) >= 11 is 1.68. The summed E-state index contributed by atoms with van der Waals surface area (Å²) in [6, 6.07) is 8.58. The highest BCUT2D eigenvalue weighted by atomic mass is 32.1. The van der Waals surface area contributed by atoms with E-state index >= 15 is 0 Å². The molecular weight excluding hydrogens is 299 g/mol. The van der Waals surface area contributed by atoms with Crippen LogP contribution in [0.5, 0.6) is 0 Å². The van der Waals surface area contributed by atoms with Crippen LogP contribution in [0.3, 0.4) is 0 Å². The SMILES string of the molecule is Fc1ccc2nc(CCNc3ccnc4ccsc34)[nH]c2c1. The molecule has 4 rings (SSSR count). The van der Waals surface area contributed by atoms with Crippen molar-refractivity contribution in [3.05, 3.63) is 53.6 Å². The molecule has 0 spiro atoms. The second-order valence-corrected chi connectivity index (χ2v) is 5.93. The van der Waals surface area contributed by atoms with Crippen LogP contribution in [0.15, 0.2) is 41.9 Å². The third-order valence-corrected chi connectivity index (χ3v) is 4.45. The van der Waals surface area contributed by atoms with E-state index in [0.717, 1.165) is 45.7 Å². The topological polar surface area (TPSA) is 53.6 Å². The Kier molecular flexibility index (Phi) is 3.23. The number of aromatic nitrogens is 3. The van der Waals surface area contributed by atoms with Crippen molar-refractivity contribution in [2.75, 3.05) is 11.9 Å². The molecule has 0 fully saturated rings. The first kappa shape index (κ1) is 13.2. The molecule has 0 aliphatic heterocycles. The molecular formula is C16H13FN4S. The lowest BCUT2D eigenvalue weighted by atomic mass is 10.3. The Labute approximate surface area is 130 Å². The average Bonchev–Trinajstić information content (AvgIpc) is 3.13. The summed E-state index contributed by atoms with van der Waals surface area (Å²) < 4.78 is 14.3. The van der Waals surface area contributed by atoms with Crippen LogP contribution in [0.2, 0.25) is 0 Å². The van der Waals surface area contributed by atoms with Crippen molar-refractivity contribution < 1.29 is 4.39 Å². The number of fused-ring (bicyclic) bond motifs is 2. The summed E-state index contributed by atoms with van der Waals surface area (Å²) in [5.74, 6) is 0.599. The molecule has 3 aromatic heterocycles. The van der Waals surface area contributed by atoms with E-state index in [2.05, 4.69) is 20.3 Å². The number of rotatable bonds is 4. The monoisotopic (exact) mass is 312 g/mol. The van der Waals surface area contributed by atoms with Gasteiger partial charge in [-0.05, 0) is 35.7 Å². The number of nitrogens with zero attached hydrogens (tertiary/aromatic N) is 2. The van der Waals surface area contributed by atoms with Crippen molar-refractivity contribution in [1.82, 2.24) is 15.0 Å². The van der Waals surface area contributed by atoms with Crippen LogP contribution in [0.1, 0.15) is 5.82 Å². The zero-order chi connectivity index (χ0) is 14.9. The molecule has 4 aromatic rings. The number of H-pyrrole nitrogens is 1. The Hall–Kier alpha value is -2.47. The number of halogens is 1. The Balaban J connectivity index is 1.49. The van der Waals surface area contributed by atoms with Gasteiger partial charge in [-0.3, -0.25) is 4.98 Å². The highest BCUT2D eigenvalue weighted by Gasteiger charge is 2.05. The fraction of sp³-hybridized carbons (Fsp3) is 0.125. The summed E-state index contributed by atoms with van der Waals surface area (Å²) in [6.45, 7) is 0.749. The summed E-state index contributed by atoms with van der Waals surface area (Å²) in [5, 5.41) is 5.45. The first-order valence-electron chi connectivity index (χ1n) is 7.00. The van der Waals surface area contributed by atoms with E-state index in [1.165, 1.54) is 12.1 Å². The minimum atomic E-state index is -0.252. The Morgan fingerprint density at radius 3 is 3.09 bits per heavy atom. The molecule has 0 radical (unpaired) electrons. The van der Waals surface area contributed by atoms with Crippen molar-refractivity contribution >= 4 is 38.3 Å². The number of nitrogens with one attached hydrogen (secondary N) is 2. The fourth-order valence-electron chi connectivity index (χ4n) is 2.48. The predicted octanol–water partition coefficient (Wildman–Crippen LogP) is 3.97. The second kappa shape index (κ2) is 5.38. The first-order valence-corrected chi connectivity index (χ1v) is 7.88. The molecule has 0 unspecified atom stereocenters. The van der Waals surface area contributed by atoms with Crippen LogP contribution in [-0.2, 0) is 6.42 Å². The Morgan fingerprint density at radius 1 is 1.18 bits per heavy atom. The Morgan fingerprint density at radius 2 is 2.14 bits per heavy atom. The molecule has 3 heterocycles. The van der Waals surface area contributed by atoms with E-state index in [1.54, 1.807) is 23.6 Å². The van der Waals surface area contributed by atoms with Gasteiger partial charge in [-0.2, -0.15) is 0 Å². The quantitative estimate of drug-likeness (QED) is 0.599. The number of pyridine rings is 1. The maximum atomic E-state index is 13.2. The van der Waals surface area contributed by atoms with Gasteiger partial charge in [0.2, 0.25) is 0 Å². The van der Waals surface area contributed by atoms with Gasteiger partial charge in [0, 0.05) is 19.2 Å². The van der Waals surface area contributed by atoms with E-state index < -0.39 is 0 Å². The normalized spacial score (nSPS) is 11.3. The molecule has 0 amide bonds. The minimum absolute atomic E-state index is 0.252. The van der Waals surface area contributed by atoms with Gasteiger partial charge in [-0.15, -0.1) is 11.3 Å². The number of hydrogen-bond acceptors (Lipinski definition) is 4. The number of benzene rings is 1. The van der Waals surface area contributed by atoms with Crippen LogP contribution >= 0.6 is 11.3 Å². The molecule has 6 heteroatoms. The Bertz CT molecular complexity index is 944. The molecule has 1 aromatic carbocycles. The lowest BCUT2D eigenvalue weighted by Gasteiger charge is -2.05. The smallest absolute Gasteiger partial charge is 0.125 e. The number of thiophene rings is 1. The van der Waals surface area contributed by atoms with Crippen LogP contribution in [0.4, 0.5) is 10.1 Å². The van der Waals surface area contributed by atoms with Gasteiger partial charge in [0.25, 0.3) is 0 Å². The lowest BCUT2D eigenvalue weighted by Crippen LogP contribution is -2.06. The van der Waals surface area contributed by atoms with Crippen molar-refractivity contribution in [2.24, 2.45) is 0 Å². The summed E-state index contributed by atoms with van der Waals surface area (Å²) in [5.41, 5.74) is 3.62. The molecule has 22 heavy (non-hydrogen) atoms. The van der Waals surface area contributed by atoms with Gasteiger partial charge in [0.05, 0.1) is 26.9 Å². The number of aromatic amines is 1.